The quantitative estimate of drug-likeness (QED) is 0.458. The molecule has 2 aromatic carbocycles. The molecule has 0 radical (unpaired) electrons. The van der Waals surface area contributed by atoms with Gasteiger partial charge in [-0.05, 0) is 47.5 Å². The van der Waals surface area contributed by atoms with Gasteiger partial charge in [-0.1, -0.05) is 22.8 Å². The number of hydrogen-bond donors (Lipinski definition) is 1. The average Bonchev–Trinajstić information content (AvgIpc) is 2.28. The normalized spacial score (nSPS) is 12.1. The van der Waals surface area contributed by atoms with Gasteiger partial charge in [-0.2, -0.15) is 0 Å². The van der Waals surface area contributed by atoms with E-state index in [0.717, 1.165) is 16.3 Å². The smallest absolute Gasteiger partial charge is 0.175 e. The summed E-state index contributed by atoms with van der Waals surface area (Å²) in [5.41, 5.74) is 1.49. The van der Waals surface area contributed by atoms with Crippen molar-refractivity contribution in [2.45, 2.75) is 6.92 Å². The van der Waals surface area contributed by atoms with Crippen molar-refractivity contribution in [1.82, 2.24) is 0 Å². The van der Waals surface area contributed by atoms with Crippen LogP contribution in [0.4, 0.5) is 4.39 Å². The van der Waals surface area contributed by atoms with Gasteiger partial charge < -0.3 is 5.21 Å². The first-order valence-corrected chi connectivity index (χ1v) is 5.07. The van der Waals surface area contributed by atoms with Gasteiger partial charge in [-0.25, -0.2) is 4.39 Å². The van der Waals surface area contributed by atoms with Crippen molar-refractivity contribution in [3.63, 3.8) is 0 Å². The Morgan fingerprint density at radius 2 is 2.06 bits per heavy atom. The van der Waals surface area contributed by atoms with E-state index < -0.39 is 0 Å². The van der Waals surface area contributed by atoms with Gasteiger partial charge in [0.25, 0.3) is 0 Å². The van der Waals surface area contributed by atoms with Crippen molar-refractivity contribution in [2.75, 3.05) is 0 Å². The van der Waals surface area contributed by atoms with Crippen LogP contribution in [0.2, 0.25) is 0 Å². The van der Waals surface area contributed by atoms with Crippen LogP contribution in [0.15, 0.2) is 35.5 Å². The molecule has 0 atom stereocenters. The highest BCUT2D eigenvalue weighted by atomic mass is 35.5. The molecule has 0 aromatic heterocycles. The molecule has 16 heavy (non-hydrogen) atoms. The van der Waals surface area contributed by atoms with Crippen LogP contribution in [0.1, 0.15) is 11.1 Å². The van der Waals surface area contributed by atoms with E-state index in [1.54, 1.807) is 18.2 Å². The van der Waals surface area contributed by atoms with E-state index in [1.165, 1.54) is 12.1 Å². The maximum absolute atomic E-state index is 13.1. The third-order valence-electron chi connectivity index (χ3n) is 2.45. The van der Waals surface area contributed by atoms with Crippen LogP contribution < -0.4 is 0 Å². The molecule has 2 rings (SSSR count). The minimum atomic E-state index is -0.273. The summed E-state index contributed by atoms with van der Waals surface area (Å²) in [6, 6.07) is 8.03. The number of aryl methyl sites for hydroxylation is 1. The van der Waals surface area contributed by atoms with Crippen LogP contribution in [0.3, 0.4) is 0 Å². The lowest BCUT2D eigenvalue weighted by Crippen LogP contribution is -1.93. The second-order valence-electron chi connectivity index (χ2n) is 3.55. The maximum Gasteiger partial charge on any atom is 0.175 e. The summed E-state index contributed by atoms with van der Waals surface area (Å²) in [6.45, 7) is 1.85. The number of hydrogen-bond acceptors (Lipinski definition) is 2. The highest BCUT2D eigenvalue weighted by molar-refractivity contribution is 6.69. The first-order valence-electron chi connectivity index (χ1n) is 4.69. The minimum absolute atomic E-state index is 0.0225. The first kappa shape index (κ1) is 10.9. The Kier molecular flexibility index (Phi) is 2.79. The number of rotatable bonds is 1. The van der Waals surface area contributed by atoms with E-state index in [9.17, 15) is 4.39 Å². The third kappa shape index (κ3) is 1.86. The second-order valence-corrected chi connectivity index (χ2v) is 3.91. The van der Waals surface area contributed by atoms with Crippen molar-refractivity contribution in [3.05, 3.63) is 47.3 Å². The number of benzene rings is 2. The van der Waals surface area contributed by atoms with E-state index in [1.807, 2.05) is 6.92 Å². The summed E-state index contributed by atoms with van der Waals surface area (Å²) >= 11 is 5.72. The van der Waals surface area contributed by atoms with E-state index in [4.69, 9.17) is 16.8 Å². The fourth-order valence-corrected chi connectivity index (χ4v) is 1.80. The topological polar surface area (TPSA) is 32.6 Å². The molecule has 1 N–H and O–H groups in total. The largest absolute Gasteiger partial charge is 0.410 e. The van der Waals surface area contributed by atoms with E-state index in [-0.39, 0.29) is 11.0 Å². The molecule has 2 aromatic rings. The highest BCUT2D eigenvalue weighted by Gasteiger charge is 2.06. The minimum Gasteiger partial charge on any atom is -0.410 e. The molecule has 0 aliphatic carbocycles. The average molecular weight is 238 g/mol. The second kappa shape index (κ2) is 4.10. The van der Waals surface area contributed by atoms with Crippen molar-refractivity contribution in [3.8, 4) is 0 Å². The molecule has 0 aliphatic heterocycles. The molecule has 4 heteroatoms. The Morgan fingerprint density at radius 1 is 1.31 bits per heavy atom. The maximum atomic E-state index is 13.1. The molecule has 0 aliphatic rings. The molecule has 0 fully saturated rings. The predicted molar refractivity (Wildman–Crippen MR) is 62.8 cm³/mol. The molecule has 0 amide bonds. The fraction of sp³-hybridized carbons (Fsp3) is 0.0833. The number of fused-ring (bicyclic) bond motifs is 1. The number of halogens is 2. The summed E-state index contributed by atoms with van der Waals surface area (Å²) in [5, 5.41) is 13.2. The van der Waals surface area contributed by atoms with Crippen LogP contribution >= 0.6 is 11.6 Å². The first-order chi connectivity index (χ1) is 7.61. The molecule has 0 saturated heterocycles. The predicted octanol–water partition coefficient (Wildman–Crippen LogP) is 3.66. The third-order valence-corrected chi connectivity index (χ3v) is 2.74. The SMILES string of the molecule is Cc1cc(/C(Cl)=N/O)cc2ccc(F)cc12. The van der Waals surface area contributed by atoms with Crippen LogP contribution in [0.25, 0.3) is 10.8 Å². The Bertz CT molecular complexity index is 580. The van der Waals surface area contributed by atoms with Gasteiger partial charge in [0.15, 0.2) is 5.17 Å². The zero-order valence-corrected chi connectivity index (χ0v) is 9.29. The summed E-state index contributed by atoms with van der Waals surface area (Å²) in [4.78, 5) is 0. The van der Waals surface area contributed by atoms with Crippen LogP contribution in [-0.2, 0) is 0 Å². The Hall–Kier alpha value is -1.61. The molecule has 0 saturated carbocycles. The highest BCUT2D eigenvalue weighted by Crippen LogP contribution is 2.22. The summed E-state index contributed by atoms with van der Waals surface area (Å²) in [5.74, 6) is -0.273. The lowest BCUT2D eigenvalue weighted by Gasteiger charge is -2.05. The molecule has 0 spiro atoms. The van der Waals surface area contributed by atoms with Crippen molar-refractivity contribution >= 4 is 27.5 Å². The zero-order chi connectivity index (χ0) is 11.7. The van der Waals surface area contributed by atoms with E-state index >= 15 is 0 Å². The van der Waals surface area contributed by atoms with Crippen LogP contribution in [0, 0.1) is 12.7 Å². The van der Waals surface area contributed by atoms with Gasteiger partial charge >= 0.3 is 0 Å². The molecule has 82 valence electrons. The lowest BCUT2D eigenvalue weighted by molar-refractivity contribution is 0.321. The van der Waals surface area contributed by atoms with Gasteiger partial charge in [0.05, 0.1) is 0 Å². The number of oxime groups is 1. The standard InChI is InChI=1S/C12H9ClFNO/c1-7-4-9(12(13)15-16)5-8-2-3-10(14)6-11(7)8/h2-6,16H,1H3/b15-12-. The zero-order valence-electron chi connectivity index (χ0n) is 8.54. The summed E-state index contributed by atoms with van der Waals surface area (Å²) in [7, 11) is 0. The van der Waals surface area contributed by atoms with Gasteiger partial charge in [0.2, 0.25) is 0 Å². The number of nitrogens with zero attached hydrogens (tertiary/aromatic N) is 1. The van der Waals surface area contributed by atoms with Gasteiger partial charge in [0, 0.05) is 5.56 Å². The van der Waals surface area contributed by atoms with Gasteiger partial charge in [0.1, 0.15) is 5.82 Å². The molecule has 0 heterocycles. The van der Waals surface area contributed by atoms with Crippen molar-refractivity contribution < 1.29 is 9.60 Å². The Morgan fingerprint density at radius 3 is 2.75 bits per heavy atom. The Labute approximate surface area is 97.0 Å². The van der Waals surface area contributed by atoms with Crippen molar-refractivity contribution in [1.29, 1.82) is 0 Å². The van der Waals surface area contributed by atoms with Gasteiger partial charge in [-0.3, -0.25) is 0 Å². The van der Waals surface area contributed by atoms with Crippen LogP contribution in [0.5, 0.6) is 0 Å². The molecule has 2 nitrogen and oxygen atoms in total. The Balaban J connectivity index is 2.73. The van der Waals surface area contributed by atoms with Gasteiger partial charge in [-0.15, -0.1) is 0 Å². The fourth-order valence-electron chi connectivity index (χ4n) is 1.69. The lowest BCUT2D eigenvalue weighted by atomic mass is 10.0. The molecular formula is C12H9ClFNO. The van der Waals surface area contributed by atoms with Crippen LogP contribution in [-0.4, -0.2) is 10.4 Å². The molecule has 0 unspecified atom stereocenters. The molecule has 0 bridgehead atoms. The molecular weight excluding hydrogens is 229 g/mol. The summed E-state index contributed by atoms with van der Waals surface area (Å²) in [6.07, 6.45) is 0. The van der Waals surface area contributed by atoms with E-state index in [2.05, 4.69) is 5.16 Å². The van der Waals surface area contributed by atoms with E-state index in [0.29, 0.717) is 5.56 Å². The van der Waals surface area contributed by atoms with Crippen molar-refractivity contribution in [2.24, 2.45) is 5.16 Å². The summed E-state index contributed by atoms with van der Waals surface area (Å²) < 4.78 is 13.1. The monoisotopic (exact) mass is 237 g/mol.